The Balaban J connectivity index is 1.67. The van der Waals surface area contributed by atoms with Crippen LogP contribution in [0.15, 0.2) is 53.4 Å². The second-order valence-electron chi connectivity index (χ2n) is 7.77. The number of carbonyl (C=O) groups is 1. The molecule has 0 bridgehead atoms. The van der Waals surface area contributed by atoms with Crippen molar-refractivity contribution in [2.45, 2.75) is 31.3 Å². The monoisotopic (exact) mass is 462 g/mol. The maximum atomic E-state index is 12.0. The van der Waals surface area contributed by atoms with Gasteiger partial charge in [-0.05, 0) is 54.7 Å². The third-order valence-electron chi connectivity index (χ3n) is 5.21. The summed E-state index contributed by atoms with van der Waals surface area (Å²) in [5.41, 5.74) is 2.39. The van der Waals surface area contributed by atoms with Crippen molar-refractivity contribution in [2.75, 3.05) is 33.3 Å². The van der Waals surface area contributed by atoms with E-state index in [0.717, 1.165) is 53.2 Å². The Bertz CT molecular complexity index is 877. The number of rotatable bonds is 9. The Kier molecular flexibility index (Phi) is 8.75. The van der Waals surface area contributed by atoms with Gasteiger partial charge in [-0.3, -0.25) is 4.90 Å². The van der Waals surface area contributed by atoms with Crippen LogP contribution in [-0.2, 0) is 17.8 Å². The molecule has 1 aliphatic rings. The van der Waals surface area contributed by atoms with Crippen LogP contribution >= 0.6 is 23.5 Å². The molecular weight excluding hydrogens is 434 g/mol. The number of nitroso groups, excluding NO2 is 1. The Morgan fingerprint density at radius 1 is 1.16 bits per heavy atom. The summed E-state index contributed by atoms with van der Waals surface area (Å²) in [6.45, 7) is 6.17. The number of benzene rings is 2. The fourth-order valence-corrected chi connectivity index (χ4v) is 4.50. The maximum Gasteiger partial charge on any atom is 0.409 e. The van der Waals surface area contributed by atoms with E-state index in [1.165, 1.54) is 30.1 Å². The van der Waals surface area contributed by atoms with Gasteiger partial charge in [-0.1, -0.05) is 35.9 Å². The molecule has 2 aromatic rings. The summed E-state index contributed by atoms with van der Waals surface area (Å²) < 4.78 is 6.00. The van der Waals surface area contributed by atoms with E-state index in [4.69, 9.17) is 16.3 Å². The average Bonchev–Trinajstić information content (AvgIpc) is 3.19. The van der Waals surface area contributed by atoms with Crippen molar-refractivity contribution in [3.05, 3.63) is 69.6 Å². The first-order valence-corrected chi connectivity index (χ1v) is 11.6. The molecule has 0 aliphatic carbocycles. The fourth-order valence-electron chi connectivity index (χ4n) is 3.82. The van der Waals surface area contributed by atoms with Crippen molar-refractivity contribution in [3.8, 4) is 0 Å². The van der Waals surface area contributed by atoms with Gasteiger partial charge >= 0.3 is 6.09 Å². The molecule has 1 aliphatic heterocycles. The highest BCUT2D eigenvalue weighted by Crippen LogP contribution is 2.23. The molecule has 1 unspecified atom stereocenters. The Morgan fingerprint density at radius 2 is 1.77 bits per heavy atom. The van der Waals surface area contributed by atoms with Crippen LogP contribution in [0.3, 0.4) is 0 Å². The van der Waals surface area contributed by atoms with Gasteiger partial charge < -0.3 is 9.64 Å². The predicted octanol–water partition coefficient (Wildman–Crippen LogP) is 5.24. The number of nitrogens with zero attached hydrogens (tertiary/aromatic N) is 3. The van der Waals surface area contributed by atoms with Gasteiger partial charge in [-0.2, -0.15) is 0 Å². The van der Waals surface area contributed by atoms with E-state index < -0.39 is 0 Å². The summed E-state index contributed by atoms with van der Waals surface area (Å²) in [6.07, 6.45) is 0.757. The van der Waals surface area contributed by atoms with Crippen molar-refractivity contribution in [3.63, 3.8) is 0 Å². The number of hydrogen-bond donors (Lipinski definition) is 0. The minimum atomic E-state index is -0.217. The third-order valence-corrected chi connectivity index (χ3v) is 6.20. The van der Waals surface area contributed by atoms with E-state index in [0.29, 0.717) is 12.5 Å². The molecule has 0 N–H and O–H groups in total. The highest BCUT2D eigenvalue weighted by Gasteiger charge is 2.28. The molecule has 8 heteroatoms. The lowest BCUT2D eigenvalue weighted by atomic mass is 10.1. The molecule has 0 saturated carbocycles. The fraction of sp³-hybridized carbons (Fsp3) is 0.435. The first-order chi connectivity index (χ1) is 14.9. The number of hydrogen-bond acceptors (Lipinski definition) is 5. The van der Waals surface area contributed by atoms with Gasteiger partial charge in [-0.15, -0.1) is 0 Å². The van der Waals surface area contributed by atoms with E-state index in [2.05, 4.69) is 29.2 Å². The van der Waals surface area contributed by atoms with Crippen LogP contribution in [0.1, 0.15) is 24.5 Å². The zero-order chi connectivity index (χ0) is 22.2. The summed E-state index contributed by atoms with van der Waals surface area (Å²) in [4.78, 5) is 28.4. The zero-order valence-electron chi connectivity index (χ0n) is 18.0. The molecule has 1 amide bonds. The van der Waals surface area contributed by atoms with E-state index in [9.17, 15) is 9.70 Å². The lowest BCUT2D eigenvalue weighted by Gasteiger charge is -2.26. The van der Waals surface area contributed by atoms with Crippen molar-refractivity contribution in [1.82, 2.24) is 9.80 Å². The lowest BCUT2D eigenvalue weighted by Crippen LogP contribution is -2.33. The van der Waals surface area contributed by atoms with E-state index in [1.807, 2.05) is 31.2 Å². The first-order valence-electron chi connectivity index (χ1n) is 10.5. The smallest absolute Gasteiger partial charge is 0.409 e. The van der Waals surface area contributed by atoms with Crippen molar-refractivity contribution >= 4 is 29.6 Å². The quantitative estimate of drug-likeness (QED) is 0.377. The average molecular weight is 463 g/mol. The topological polar surface area (TPSA) is 52.9 Å². The lowest BCUT2D eigenvalue weighted by molar-refractivity contribution is -0.331. The number of likely N-dealkylation sites (tertiary alicyclic amines) is 1. The Hall–Kier alpha value is -2.09. The van der Waals surface area contributed by atoms with Crippen LogP contribution < -0.4 is 0 Å². The number of carbonyl (C=O) groups excluding carboxylic acids is 1. The summed E-state index contributed by atoms with van der Waals surface area (Å²) in [5, 5.41) is 0.729. The molecule has 0 spiro atoms. The van der Waals surface area contributed by atoms with Gasteiger partial charge in [0.25, 0.3) is 0 Å². The SMILES string of the molecule is CCOC(=O)N1CCC(CN(Cc2ccc(Cl)cc2)Cc2ccc(S[N+](C)=O)cc2)C1. The number of ether oxygens (including phenoxy) is 1. The summed E-state index contributed by atoms with van der Waals surface area (Å²) in [5.74, 6) is 0.403. The third kappa shape index (κ3) is 7.52. The van der Waals surface area contributed by atoms with Gasteiger partial charge in [-0.25, -0.2) is 4.79 Å². The highest BCUT2D eigenvalue weighted by molar-refractivity contribution is 7.93. The molecule has 166 valence electrons. The van der Waals surface area contributed by atoms with Crippen molar-refractivity contribution in [2.24, 2.45) is 5.92 Å². The van der Waals surface area contributed by atoms with Crippen molar-refractivity contribution in [1.29, 1.82) is 0 Å². The summed E-state index contributed by atoms with van der Waals surface area (Å²) in [6, 6.07) is 16.0. The van der Waals surface area contributed by atoms with Crippen molar-refractivity contribution < 1.29 is 13.7 Å². The van der Waals surface area contributed by atoms with Crippen LogP contribution in [0.4, 0.5) is 4.79 Å². The molecule has 6 nitrogen and oxygen atoms in total. The zero-order valence-corrected chi connectivity index (χ0v) is 19.6. The molecule has 0 radical (unpaired) electrons. The van der Waals surface area contributed by atoms with Crippen LogP contribution in [0.2, 0.25) is 5.02 Å². The highest BCUT2D eigenvalue weighted by atomic mass is 35.5. The molecule has 2 aromatic carbocycles. The van der Waals surface area contributed by atoms with Crippen LogP contribution in [0.25, 0.3) is 0 Å². The summed E-state index contributed by atoms with van der Waals surface area (Å²) in [7, 11) is 1.49. The van der Waals surface area contributed by atoms with Crippen LogP contribution in [0, 0.1) is 10.8 Å². The van der Waals surface area contributed by atoms with Gasteiger partial charge in [0.1, 0.15) is 0 Å². The van der Waals surface area contributed by atoms with Gasteiger partial charge in [0.05, 0.1) is 15.7 Å². The predicted molar refractivity (Wildman–Crippen MR) is 124 cm³/mol. The minimum absolute atomic E-state index is 0.217. The normalized spacial score (nSPS) is 16.0. The first kappa shape index (κ1) is 23.6. The molecule has 31 heavy (non-hydrogen) atoms. The largest absolute Gasteiger partial charge is 0.450 e. The summed E-state index contributed by atoms with van der Waals surface area (Å²) >= 11 is 7.21. The van der Waals surface area contributed by atoms with Gasteiger partial charge in [0.15, 0.2) is 7.05 Å². The minimum Gasteiger partial charge on any atom is -0.450 e. The maximum absolute atomic E-state index is 12.0. The second-order valence-corrected chi connectivity index (χ2v) is 9.38. The van der Waals surface area contributed by atoms with E-state index in [1.54, 1.807) is 4.90 Å². The molecule has 1 atom stereocenters. The molecule has 1 saturated heterocycles. The Labute approximate surface area is 193 Å². The van der Waals surface area contributed by atoms with E-state index in [-0.39, 0.29) is 6.09 Å². The molecule has 1 heterocycles. The molecule has 3 rings (SSSR count). The van der Waals surface area contributed by atoms with E-state index >= 15 is 0 Å². The number of halogens is 1. The number of amides is 1. The van der Waals surface area contributed by atoms with Gasteiger partial charge in [0.2, 0.25) is 11.9 Å². The van der Waals surface area contributed by atoms with Crippen LogP contribution in [-0.4, -0.2) is 53.3 Å². The molecule has 0 aromatic heterocycles. The Morgan fingerprint density at radius 3 is 2.35 bits per heavy atom. The molecule has 1 fully saturated rings. The standard InChI is InChI=1S/C23H29ClN3O3S/c1-3-30-23(28)27-13-12-20(17-27)16-26(14-18-4-8-21(24)9-5-18)15-19-6-10-22(11-7-19)31-25(2)29/h4-11,20H,3,12-17H2,1-2H3/q+1. The molecular formula is C23H29ClN3O3S+. The van der Waals surface area contributed by atoms with Crippen LogP contribution in [0.5, 0.6) is 0 Å². The second kappa shape index (κ2) is 11.5. The van der Waals surface area contributed by atoms with Gasteiger partial charge in [0, 0.05) is 42.7 Å².